The minimum atomic E-state index is -0.777. The fourth-order valence-corrected chi connectivity index (χ4v) is 4.80. The molecule has 2 fully saturated rings. The molecule has 1 saturated carbocycles. The van der Waals surface area contributed by atoms with Crippen molar-refractivity contribution < 1.29 is 19.1 Å². The highest BCUT2D eigenvalue weighted by molar-refractivity contribution is 9.10. The van der Waals surface area contributed by atoms with Crippen LogP contribution in [0.2, 0.25) is 0 Å². The fourth-order valence-electron chi connectivity index (χ4n) is 4.53. The third kappa shape index (κ3) is 3.11. The lowest BCUT2D eigenvalue weighted by Crippen LogP contribution is -2.59. The summed E-state index contributed by atoms with van der Waals surface area (Å²) in [6.07, 6.45) is 4.70. The van der Waals surface area contributed by atoms with E-state index in [2.05, 4.69) is 36.4 Å². The van der Waals surface area contributed by atoms with Crippen LogP contribution in [-0.2, 0) is 14.3 Å². The number of hydrogen-bond acceptors (Lipinski definition) is 4. The summed E-state index contributed by atoms with van der Waals surface area (Å²) in [5.41, 5.74) is -0.617. The van der Waals surface area contributed by atoms with Crippen LogP contribution in [0.3, 0.4) is 0 Å². The second kappa shape index (κ2) is 7.18. The van der Waals surface area contributed by atoms with Gasteiger partial charge in [0.25, 0.3) is 0 Å². The van der Waals surface area contributed by atoms with Gasteiger partial charge in [-0.3, -0.25) is 4.79 Å². The maximum absolute atomic E-state index is 12.7. The topological polar surface area (TPSA) is 52.6 Å². The molecule has 1 aliphatic heterocycles. The number of allylic oxidation sites excluding steroid dienone is 1. The third-order valence-electron chi connectivity index (χ3n) is 6.29. The van der Waals surface area contributed by atoms with Crippen LogP contribution in [0.15, 0.2) is 41.4 Å². The molecule has 0 N–H and O–H groups in total. The van der Waals surface area contributed by atoms with Gasteiger partial charge in [0.15, 0.2) is 5.60 Å². The minimum Gasteiger partial charge on any atom is -0.454 e. The maximum Gasteiger partial charge on any atom is 0.338 e. The van der Waals surface area contributed by atoms with E-state index in [1.54, 1.807) is 12.1 Å². The highest BCUT2D eigenvalue weighted by Gasteiger charge is 2.66. The Kier molecular flexibility index (Phi) is 5.29. The Morgan fingerprint density at radius 1 is 1.38 bits per heavy atom. The molecule has 0 aromatic heterocycles. The first-order valence-corrected chi connectivity index (χ1v) is 9.91. The summed E-state index contributed by atoms with van der Waals surface area (Å²) >= 11 is 3.37. The van der Waals surface area contributed by atoms with Crippen molar-refractivity contribution in [3.8, 4) is 0 Å². The van der Waals surface area contributed by atoms with Crippen LogP contribution >= 0.6 is 15.9 Å². The van der Waals surface area contributed by atoms with Gasteiger partial charge in [-0.15, -0.1) is 6.58 Å². The highest BCUT2D eigenvalue weighted by atomic mass is 79.9. The molecule has 0 radical (unpaired) electrons. The van der Waals surface area contributed by atoms with Crippen molar-refractivity contribution in [2.24, 2.45) is 11.3 Å². The van der Waals surface area contributed by atoms with Gasteiger partial charge in [0.2, 0.25) is 0 Å². The van der Waals surface area contributed by atoms with Crippen LogP contribution in [0.25, 0.3) is 0 Å². The lowest BCUT2D eigenvalue weighted by Gasteiger charge is -2.52. The van der Waals surface area contributed by atoms with Crippen molar-refractivity contribution in [1.82, 2.24) is 0 Å². The largest absolute Gasteiger partial charge is 0.454 e. The van der Waals surface area contributed by atoms with Crippen LogP contribution in [0, 0.1) is 11.3 Å². The molecule has 0 unspecified atom stereocenters. The van der Waals surface area contributed by atoms with Crippen molar-refractivity contribution in [2.45, 2.75) is 57.7 Å². The number of ether oxygens (including phenoxy) is 2. The molecule has 140 valence electrons. The van der Waals surface area contributed by atoms with Gasteiger partial charge in [0.05, 0.1) is 12.0 Å². The van der Waals surface area contributed by atoms with Gasteiger partial charge in [-0.25, -0.2) is 4.79 Å². The van der Waals surface area contributed by atoms with E-state index < -0.39 is 11.7 Å². The predicted octanol–water partition coefficient (Wildman–Crippen LogP) is 5.06. The molecule has 26 heavy (non-hydrogen) atoms. The lowest BCUT2D eigenvalue weighted by atomic mass is 9.56. The quantitative estimate of drug-likeness (QED) is 0.493. The number of halogens is 1. The van der Waals surface area contributed by atoms with Crippen molar-refractivity contribution in [1.29, 1.82) is 0 Å². The molecule has 3 rings (SSSR count). The van der Waals surface area contributed by atoms with Crippen molar-refractivity contribution in [3.05, 3.63) is 47.0 Å². The van der Waals surface area contributed by atoms with E-state index in [0.29, 0.717) is 37.2 Å². The summed E-state index contributed by atoms with van der Waals surface area (Å²) in [4.78, 5) is 25.0. The molecule has 1 aromatic rings. The zero-order chi connectivity index (χ0) is 18.9. The Bertz CT molecular complexity index is 713. The zero-order valence-electron chi connectivity index (χ0n) is 15.3. The van der Waals surface area contributed by atoms with Crippen LogP contribution in [0.4, 0.5) is 0 Å². The molecule has 0 amide bonds. The summed E-state index contributed by atoms with van der Waals surface area (Å²) in [6.45, 7) is 8.07. The number of rotatable bonds is 5. The molecule has 1 aromatic carbocycles. The first-order valence-electron chi connectivity index (χ1n) is 9.12. The summed E-state index contributed by atoms with van der Waals surface area (Å²) in [6, 6.07) is 7.09. The number of fused-ring (bicyclic) bond motifs is 1. The van der Waals surface area contributed by atoms with Gasteiger partial charge in [-0.05, 0) is 55.9 Å². The van der Waals surface area contributed by atoms with Crippen LogP contribution in [-0.4, -0.2) is 23.6 Å². The summed E-state index contributed by atoms with van der Waals surface area (Å²) < 4.78 is 12.8. The van der Waals surface area contributed by atoms with Gasteiger partial charge in [-0.2, -0.15) is 0 Å². The Morgan fingerprint density at radius 2 is 2.08 bits per heavy atom. The molecular formula is C21H25BrO4. The fraction of sp³-hybridized carbons (Fsp3) is 0.524. The SMILES string of the molecule is C=CCC[C@@]12OC(=O)C[C@]1(C)[C@@H](C)CC[C@H]2OC(=O)c1ccc(Br)cc1. The monoisotopic (exact) mass is 420 g/mol. The summed E-state index contributed by atoms with van der Waals surface area (Å²) in [5, 5.41) is 0. The number of benzene rings is 1. The van der Waals surface area contributed by atoms with E-state index in [1.807, 2.05) is 18.2 Å². The number of esters is 2. The molecule has 5 heteroatoms. The van der Waals surface area contributed by atoms with Crippen molar-refractivity contribution >= 4 is 27.9 Å². The maximum atomic E-state index is 12.7. The Hall–Kier alpha value is -1.62. The highest BCUT2D eigenvalue weighted by Crippen LogP contribution is 2.59. The first kappa shape index (κ1) is 19.2. The number of carbonyl (C=O) groups is 2. The van der Waals surface area contributed by atoms with E-state index in [0.717, 1.165) is 10.9 Å². The zero-order valence-corrected chi connectivity index (χ0v) is 16.9. The van der Waals surface area contributed by atoms with Crippen molar-refractivity contribution in [3.63, 3.8) is 0 Å². The molecule has 2 aliphatic rings. The minimum absolute atomic E-state index is 0.199. The van der Waals surface area contributed by atoms with E-state index in [4.69, 9.17) is 9.47 Å². The van der Waals surface area contributed by atoms with Gasteiger partial charge in [0, 0.05) is 9.89 Å². The summed E-state index contributed by atoms with van der Waals surface area (Å²) in [7, 11) is 0. The number of carbonyl (C=O) groups excluding carboxylic acids is 2. The molecular weight excluding hydrogens is 396 g/mol. The smallest absolute Gasteiger partial charge is 0.338 e. The average Bonchev–Trinajstić information content (AvgIpc) is 2.89. The van der Waals surface area contributed by atoms with E-state index in [1.165, 1.54) is 0 Å². The third-order valence-corrected chi connectivity index (χ3v) is 6.82. The molecule has 1 heterocycles. The number of hydrogen-bond donors (Lipinski definition) is 0. The standard InChI is InChI=1S/C21H25BrO4/c1-4-5-12-21-17(25-19(24)15-7-9-16(22)10-8-15)11-6-14(2)20(21,3)13-18(23)26-21/h4,7-10,14,17H,1,5-6,11-13H2,2-3H3/t14-,17+,20+,21-/m0/s1. The normalized spacial score (nSPS) is 33.3. The van der Waals surface area contributed by atoms with Crippen LogP contribution in [0.5, 0.6) is 0 Å². The lowest BCUT2D eigenvalue weighted by molar-refractivity contribution is -0.190. The van der Waals surface area contributed by atoms with Crippen LogP contribution in [0.1, 0.15) is 56.3 Å². The Labute approximate surface area is 163 Å². The van der Waals surface area contributed by atoms with E-state index in [9.17, 15) is 9.59 Å². The van der Waals surface area contributed by atoms with Crippen LogP contribution < -0.4 is 0 Å². The van der Waals surface area contributed by atoms with Gasteiger partial charge < -0.3 is 9.47 Å². The summed E-state index contributed by atoms with van der Waals surface area (Å²) in [5.74, 6) is -0.253. The Morgan fingerprint density at radius 3 is 2.73 bits per heavy atom. The molecule has 0 spiro atoms. The van der Waals surface area contributed by atoms with Crippen molar-refractivity contribution in [2.75, 3.05) is 0 Å². The van der Waals surface area contributed by atoms with Gasteiger partial charge in [-0.1, -0.05) is 35.9 Å². The van der Waals surface area contributed by atoms with Gasteiger partial charge in [0.1, 0.15) is 6.10 Å². The predicted molar refractivity (Wildman–Crippen MR) is 103 cm³/mol. The molecule has 4 atom stereocenters. The molecule has 1 saturated heterocycles. The first-order chi connectivity index (χ1) is 12.3. The van der Waals surface area contributed by atoms with E-state index >= 15 is 0 Å². The molecule has 0 bridgehead atoms. The molecule has 4 nitrogen and oxygen atoms in total. The second-order valence-corrected chi connectivity index (χ2v) is 8.58. The molecule has 1 aliphatic carbocycles. The average molecular weight is 421 g/mol. The Balaban J connectivity index is 1.91. The van der Waals surface area contributed by atoms with Gasteiger partial charge >= 0.3 is 11.9 Å². The van der Waals surface area contributed by atoms with E-state index in [-0.39, 0.29) is 17.4 Å². The second-order valence-electron chi connectivity index (χ2n) is 7.66.